The van der Waals surface area contributed by atoms with Crippen LogP contribution in [0.3, 0.4) is 0 Å². The second kappa shape index (κ2) is 6.62. The van der Waals surface area contributed by atoms with E-state index in [-0.39, 0.29) is 0 Å². The fourth-order valence-corrected chi connectivity index (χ4v) is 1.81. The lowest BCUT2D eigenvalue weighted by Crippen LogP contribution is -2.08. The average Bonchev–Trinajstić information content (AvgIpc) is 2.62. The van der Waals surface area contributed by atoms with Crippen LogP contribution in [-0.2, 0) is 19.4 Å². The van der Waals surface area contributed by atoms with Crippen LogP contribution >= 0.6 is 0 Å². The first-order valence-electron chi connectivity index (χ1n) is 6.02. The molecule has 0 saturated carbocycles. The van der Waals surface area contributed by atoms with Crippen molar-refractivity contribution in [3.8, 4) is 0 Å². The summed E-state index contributed by atoms with van der Waals surface area (Å²) in [5.41, 5.74) is 2.63. The standard InChI is InChI=1S/C12H23N3/c1-4-7-12-10-11(8-6-9-13-3)14-15(12)5-2/h10,13H,4-9H2,1-3H3. The van der Waals surface area contributed by atoms with E-state index in [2.05, 4.69) is 35.0 Å². The van der Waals surface area contributed by atoms with Gasteiger partial charge < -0.3 is 5.32 Å². The molecule has 15 heavy (non-hydrogen) atoms. The van der Waals surface area contributed by atoms with Gasteiger partial charge in [0.25, 0.3) is 0 Å². The molecule has 0 atom stereocenters. The predicted octanol–water partition coefficient (Wildman–Crippen LogP) is 2.01. The van der Waals surface area contributed by atoms with Crippen LogP contribution in [0.4, 0.5) is 0 Å². The second-order valence-corrected chi connectivity index (χ2v) is 3.90. The van der Waals surface area contributed by atoms with E-state index in [4.69, 9.17) is 0 Å². The number of nitrogens with one attached hydrogen (secondary N) is 1. The largest absolute Gasteiger partial charge is 0.320 e. The fraction of sp³-hybridized carbons (Fsp3) is 0.750. The van der Waals surface area contributed by atoms with Gasteiger partial charge in [0.2, 0.25) is 0 Å². The molecule has 1 aromatic rings. The maximum atomic E-state index is 4.61. The van der Waals surface area contributed by atoms with Gasteiger partial charge in [-0.2, -0.15) is 5.10 Å². The third-order valence-corrected chi connectivity index (χ3v) is 2.58. The number of hydrogen-bond acceptors (Lipinski definition) is 2. The maximum absolute atomic E-state index is 4.61. The quantitative estimate of drug-likeness (QED) is 0.696. The van der Waals surface area contributed by atoms with E-state index in [0.29, 0.717) is 0 Å². The van der Waals surface area contributed by atoms with E-state index in [9.17, 15) is 0 Å². The summed E-state index contributed by atoms with van der Waals surface area (Å²) in [6.45, 7) is 6.43. The maximum Gasteiger partial charge on any atom is 0.0628 e. The van der Waals surface area contributed by atoms with Gasteiger partial charge in [0.1, 0.15) is 0 Å². The van der Waals surface area contributed by atoms with Gasteiger partial charge in [0.15, 0.2) is 0 Å². The summed E-state index contributed by atoms with van der Waals surface area (Å²) in [4.78, 5) is 0. The lowest BCUT2D eigenvalue weighted by molar-refractivity contribution is 0.603. The molecule has 3 nitrogen and oxygen atoms in total. The molecule has 0 spiro atoms. The van der Waals surface area contributed by atoms with Crippen molar-refractivity contribution in [1.82, 2.24) is 15.1 Å². The zero-order valence-corrected chi connectivity index (χ0v) is 10.2. The highest BCUT2D eigenvalue weighted by atomic mass is 15.3. The minimum Gasteiger partial charge on any atom is -0.320 e. The normalized spacial score (nSPS) is 10.9. The summed E-state index contributed by atoms with van der Waals surface area (Å²) >= 11 is 0. The Bertz CT molecular complexity index is 278. The number of nitrogens with zero attached hydrogens (tertiary/aromatic N) is 2. The highest BCUT2D eigenvalue weighted by Crippen LogP contribution is 2.09. The van der Waals surface area contributed by atoms with Crippen molar-refractivity contribution >= 4 is 0 Å². The Morgan fingerprint density at radius 3 is 2.73 bits per heavy atom. The van der Waals surface area contributed by atoms with Crippen molar-refractivity contribution in [3.05, 3.63) is 17.5 Å². The van der Waals surface area contributed by atoms with Gasteiger partial charge in [-0.3, -0.25) is 4.68 Å². The minimum atomic E-state index is 0.987. The van der Waals surface area contributed by atoms with Crippen LogP contribution < -0.4 is 5.32 Å². The Morgan fingerprint density at radius 2 is 2.13 bits per heavy atom. The third-order valence-electron chi connectivity index (χ3n) is 2.58. The molecule has 1 rings (SSSR count). The summed E-state index contributed by atoms with van der Waals surface area (Å²) in [5.74, 6) is 0. The van der Waals surface area contributed by atoms with Crippen LogP contribution in [0.15, 0.2) is 6.07 Å². The van der Waals surface area contributed by atoms with Crippen molar-refractivity contribution in [3.63, 3.8) is 0 Å². The van der Waals surface area contributed by atoms with Crippen LogP contribution in [0.5, 0.6) is 0 Å². The summed E-state index contributed by atoms with van der Waals surface area (Å²) in [5, 5.41) is 7.77. The molecule has 0 amide bonds. The molecule has 0 saturated heterocycles. The summed E-state index contributed by atoms with van der Waals surface area (Å²) in [6, 6.07) is 2.27. The first kappa shape index (κ1) is 12.2. The molecular weight excluding hydrogens is 186 g/mol. The summed E-state index contributed by atoms with van der Waals surface area (Å²) in [6.07, 6.45) is 4.60. The third kappa shape index (κ3) is 3.67. The van der Waals surface area contributed by atoms with Crippen LogP contribution in [0, 0.1) is 0 Å². The van der Waals surface area contributed by atoms with Crippen LogP contribution in [0.2, 0.25) is 0 Å². The molecule has 3 heteroatoms. The molecule has 0 aliphatic carbocycles. The smallest absolute Gasteiger partial charge is 0.0628 e. The molecule has 0 fully saturated rings. The molecule has 1 aromatic heterocycles. The first-order chi connectivity index (χ1) is 7.31. The second-order valence-electron chi connectivity index (χ2n) is 3.90. The van der Waals surface area contributed by atoms with Crippen LogP contribution in [0.1, 0.15) is 38.1 Å². The van der Waals surface area contributed by atoms with Crippen molar-refractivity contribution in [2.45, 2.75) is 46.1 Å². The molecular formula is C12H23N3. The predicted molar refractivity (Wildman–Crippen MR) is 64.1 cm³/mol. The van der Waals surface area contributed by atoms with Gasteiger partial charge in [-0.25, -0.2) is 0 Å². The molecule has 86 valence electrons. The zero-order valence-electron chi connectivity index (χ0n) is 10.2. The molecule has 0 unspecified atom stereocenters. The van der Waals surface area contributed by atoms with E-state index in [1.165, 1.54) is 24.2 Å². The van der Waals surface area contributed by atoms with Gasteiger partial charge in [-0.15, -0.1) is 0 Å². The first-order valence-corrected chi connectivity index (χ1v) is 6.02. The van der Waals surface area contributed by atoms with E-state index < -0.39 is 0 Å². The molecule has 0 radical (unpaired) electrons. The van der Waals surface area contributed by atoms with Crippen LogP contribution in [-0.4, -0.2) is 23.4 Å². The molecule has 1 heterocycles. The van der Waals surface area contributed by atoms with Gasteiger partial charge >= 0.3 is 0 Å². The van der Waals surface area contributed by atoms with Crippen molar-refractivity contribution in [2.75, 3.05) is 13.6 Å². The zero-order chi connectivity index (χ0) is 11.1. The highest BCUT2D eigenvalue weighted by Gasteiger charge is 2.05. The number of aryl methyl sites for hydroxylation is 3. The van der Waals surface area contributed by atoms with Crippen molar-refractivity contribution in [1.29, 1.82) is 0 Å². The van der Waals surface area contributed by atoms with Gasteiger partial charge in [0, 0.05) is 12.2 Å². The Kier molecular flexibility index (Phi) is 5.40. The average molecular weight is 209 g/mol. The van der Waals surface area contributed by atoms with E-state index >= 15 is 0 Å². The van der Waals surface area contributed by atoms with Crippen LogP contribution in [0.25, 0.3) is 0 Å². The van der Waals surface area contributed by atoms with Crippen molar-refractivity contribution < 1.29 is 0 Å². The number of rotatable bonds is 7. The Hall–Kier alpha value is -0.830. The minimum absolute atomic E-state index is 0.987. The summed E-state index contributed by atoms with van der Waals surface area (Å²) in [7, 11) is 1.99. The molecule has 0 aliphatic heterocycles. The Labute approximate surface area is 92.9 Å². The number of aromatic nitrogens is 2. The van der Waals surface area contributed by atoms with E-state index in [1.807, 2.05) is 7.05 Å². The van der Waals surface area contributed by atoms with Gasteiger partial charge in [-0.05, 0) is 45.8 Å². The fourth-order valence-electron chi connectivity index (χ4n) is 1.81. The lowest BCUT2D eigenvalue weighted by Gasteiger charge is -2.01. The molecule has 0 aromatic carbocycles. The van der Waals surface area contributed by atoms with Crippen molar-refractivity contribution in [2.24, 2.45) is 0 Å². The van der Waals surface area contributed by atoms with Gasteiger partial charge in [-0.1, -0.05) is 13.3 Å². The van der Waals surface area contributed by atoms with E-state index in [0.717, 1.165) is 25.9 Å². The topological polar surface area (TPSA) is 29.9 Å². The number of hydrogen-bond donors (Lipinski definition) is 1. The molecule has 1 N–H and O–H groups in total. The SMILES string of the molecule is CCCc1cc(CCCNC)nn1CC. The Balaban J connectivity index is 2.57. The Morgan fingerprint density at radius 1 is 1.33 bits per heavy atom. The molecule has 0 aliphatic rings. The molecule has 0 bridgehead atoms. The lowest BCUT2D eigenvalue weighted by atomic mass is 10.2. The van der Waals surface area contributed by atoms with E-state index in [1.54, 1.807) is 0 Å². The monoisotopic (exact) mass is 209 g/mol. The highest BCUT2D eigenvalue weighted by molar-refractivity contribution is 5.10. The van der Waals surface area contributed by atoms with Gasteiger partial charge in [0.05, 0.1) is 5.69 Å². The summed E-state index contributed by atoms with van der Waals surface area (Å²) < 4.78 is 2.14.